The zero-order valence-electron chi connectivity index (χ0n) is 14.6. The van der Waals surface area contributed by atoms with Gasteiger partial charge in [0.1, 0.15) is 17.3 Å². The molecule has 28 heavy (non-hydrogen) atoms. The largest absolute Gasteiger partial charge is 0.484 e. The SMILES string of the molecule is O=C(COc1ccc(Cl)cc1)NC(=S)NCc1ccc(-c2ccc(Cl)cc2)o1. The van der Waals surface area contributed by atoms with Gasteiger partial charge < -0.3 is 19.8 Å². The standard InChI is InChI=1S/C20H16Cl2N2O3S/c21-14-3-1-13(2-4-14)18-10-9-17(27-18)11-23-20(28)24-19(25)12-26-16-7-5-15(22)6-8-16/h1-10H,11-12H2,(H2,23,24,25,28). The van der Waals surface area contributed by atoms with Crippen molar-refractivity contribution >= 4 is 46.4 Å². The molecule has 8 heteroatoms. The molecule has 0 aliphatic heterocycles. The number of carbonyl (C=O) groups excluding carboxylic acids is 1. The molecule has 3 rings (SSSR count). The van der Waals surface area contributed by atoms with Crippen molar-refractivity contribution in [2.45, 2.75) is 6.54 Å². The van der Waals surface area contributed by atoms with Gasteiger partial charge in [-0.25, -0.2) is 0 Å². The number of amides is 1. The lowest BCUT2D eigenvalue weighted by molar-refractivity contribution is -0.121. The van der Waals surface area contributed by atoms with Gasteiger partial charge in [0.2, 0.25) is 0 Å². The highest BCUT2D eigenvalue weighted by atomic mass is 35.5. The summed E-state index contributed by atoms with van der Waals surface area (Å²) in [6.07, 6.45) is 0. The third-order valence-electron chi connectivity index (χ3n) is 3.65. The first kappa shape index (κ1) is 20.2. The van der Waals surface area contributed by atoms with Crippen molar-refractivity contribution in [3.05, 3.63) is 76.5 Å². The summed E-state index contributed by atoms with van der Waals surface area (Å²) in [5.41, 5.74) is 0.922. The number of furan rings is 1. The molecule has 0 radical (unpaired) electrons. The Morgan fingerprint density at radius 2 is 1.61 bits per heavy atom. The molecule has 144 valence electrons. The molecule has 0 saturated heterocycles. The van der Waals surface area contributed by atoms with Gasteiger partial charge in [-0.05, 0) is 72.9 Å². The van der Waals surface area contributed by atoms with Crippen molar-refractivity contribution in [3.63, 3.8) is 0 Å². The second kappa shape index (κ2) is 9.59. The minimum atomic E-state index is -0.367. The predicted molar refractivity (Wildman–Crippen MR) is 114 cm³/mol. The summed E-state index contributed by atoms with van der Waals surface area (Å²) in [4.78, 5) is 11.9. The van der Waals surface area contributed by atoms with Gasteiger partial charge in [-0.15, -0.1) is 0 Å². The van der Waals surface area contributed by atoms with Crippen LogP contribution in [0.1, 0.15) is 5.76 Å². The van der Waals surface area contributed by atoms with Crippen LogP contribution in [0.4, 0.5) is 0 Å². The van der Waals surface area contributed by atoms with Crippen molar-refractivity contribution in [3.8, 4) is 17.1 Å². The van der Waals surface area contributed by atoms with Crippen LogP contribution in [0, 0.1) is 0 Å². The van der Waals surface area contributed by atoms with Crippen LogP contribution in [0.3, 0.4) is 0 Å². The summed E-state index contributed by atoms with van der Waals surface area (Å²) in [7, 11) is 0. The Morgan fingerprint density at radius 1 is 0.964 bits per heavy atom. The van der Waals surface area contributed by atoms with E-state index < -0.39 is 0 Å². The highest BCUT2D eigenvalue weighted by molar-refractivity contribution is 7.80. The minimum absolute atomic E-state index is 0.162. The number of ether oxygens (including phenoxy) is 1. The normalized spacial score (nSPS) is 10.4. The topological polar surface area (TPSA) is 63.5 Å². The van der Waals surface area contributed by atoms with Crippen LogP contribution in [0.25, 0.3) is 11.3 Å². The third kappa shape index (κ3) is 5.99. The number of halogens is 2. The minimum Gasteiger partial charge on any atom is -0.484 e. The molecule has 2 aromatic carbocycles. The summed E-state index contributed by atoms with van der Waals surface area (Å²) in [6, 6.07) is 17.8. The number of benzene rings is 2. The van der Waals surface area contributed by atoms with Crippen LogP contribution in [0.5, 0.6) is 5.75 Å². The molecular formula is C20H16Cl2N2O3S. The lowest BCUT2D eigenvalue weighted by Gasteiger charge is -2.09. The second-order valence-corrected chi connectivity index (χ2v) is 7.03. The van der Waals surface area contributed by atoms with E-state index in [0.717, 1.165) is 11.3 Å². The Bertz CT molecular complexity index is 956. The molecule has 0 unspecified atom stereocenters. The molecule has 1 heterocycles. The van der Waals surface area contributed by atoms with E-state index in [4.69, 9.17) is 44.6 Å². The van der Waals surface area contributed by atoms with Crippen LogP contribution in [-0.2, 0) is 11.3 Å². The Balaban J connectivity index is 1.43. The number of thiocarbonyl (C=S) groups is 1. The molecule has 2 N–H and O–H groups in total. The summed E-state index contributed by atoms with van der Waals surface area (Å²) in [5.74, 6) is 1.58. The van der Waals surface area contributed by atoms with Crippen molar-refractivity contribution in [2.24, 2.45) is 0 Å². The first-order valence-electron chi connectivity index (χ1n) is 8.30. The van der Waals surface area contributed by atoms with Gasteiger partial charge in [-0.1, -0.05) is 23.2 Å². The summed E-state index contributed by atoms with van der Waals surface area (Å²) >= 11 is 16.8. The molecule has 1 aromatic heterocycles. The van der Waals surface area contributed by atoms with Crippen molar-refractivity contribution in [1.82, 2.24) is 10.6 Å². The highest BCUT2D eigenvalue weighted by Crippen LogP contribution is 2.23. The molecular weight excluding hydrogens is 419 g/mol. The molecule has 1 amide bonds. The maximum absolute atomic E-state index is 11.9. The first-order valence-corrected chi connectivity index (χ1v) is 9.47. The molecule has 0 aliphatic carbocycles. The highest BCUT2D eigenvalue weighted by Gasteiger charge is 2.08. The number of hydrogen-bond acceptors (Lipinski definition) is 4. The second-order valence-electron chi connectivity index (χ2n) is 5.75. The fourth-order valence-corrected chi connectivity index (χ4v) is 2.73. The molecule has 0 aliphatic rings. The molecule has 5 nitrogen and oxygen atoms in total. The van der Waals surface area contributed by atoms with E-state index in [9.17, 15) is 4.79 Å². The van der Waals surface area contributed by atoms with Gasteiger partial charge >= 0.3 is 0 Å². The molecule has 0 atom stereocenters. The van der Waals surface area contributed by atoms with Gasteiger partial charge in [0.15, 0.2) is 11.7 Å². The monoisotopic (exact) mass is 434 g/mol. The van der Waals surface area contributed by atoms with Crippen LogP contribution >= 0.6 is 35.4 Å². The van der Waals surface area contributed by atoms with E-state index in [1.165, 1.54) is 0 Å². The van der Waals surface area contributed by atoms with Gasteiger partial charge in [0, 0.05) is 15.6 Å². The first-order chi connectivity index (χ1) is 13.5. The zero-order chi connectivity index (χ0) is 19.9. The third-order valence-corrected chi connectivity index (χ3v) is 4.40. The number of rotatable bonds is 6. The average Bonchev–Trinajstić information content (AvgIpc) is 3.15. The average molecular weight is 435 g/mol. The van der Waals surface area contributed by atoms with E-state index in [1.807, 2.05) is 24.3 Å². The number of carbonyl (C=O) groups is 1. The number of hydrogen-bond donors (Lipinski definition) is 2. The number of nitrogens with one attached hydrogen (secondary N) is 2. The molecule has 0 spiro atoms. The predicted octanol–water partition coefficient (Wildman–Crippen LogP) is 4.82. The van der Waals surface area contributed by atoms with E-state index in [1.54, 1.807) is 36.4 Å². The van der Waals surface area contributed by atoms with Crippen LogP contribution < -0.4 is 15.4 Å². The van der Waals surface area contributed by atoms with Crippen molar-refractivity contribution in [2.75, 3.05) is 6.61 Å². The van der Waals surface area contributed by atoms with Gasteiger partial charge in [0.25, 0.3) is 5.91 Å². The maximum atomic E-state index is 11.9. The smallest absolute Gasteiger partial charge is 0.264 e. The lowest BCUT2D eigenvalue weighted by atomic mass is 10.2. The molecule has 0 saturated carbocycles. The maximum Gasteiger partial charge on any atom is 0.264 e. The molecule has 0 fully saturated rings. The molecule has 0 bridgehead atoms. The Morgan fingerprint density at radius 3 is 2.29 bits per heavy atom. The van der Waals surface area contributed by atoms with Crippen molar-refractivity contribution in [1.29, 1.82) is 0 Å². The van der Waals surface area contributed by atoms with E-state index >= 15 is 0 Å². The van der Waals surface area contributed by atoms with E-state index in [0.29, 0.717) is 28.1 Å². The Kier molecular flexibility index (Phi) is 6.92. The lowest BCUT2D eigenvalue weighted by Crippen LogP contribution is -2.41. The van der Waals surface area contributed by atoms with Crippen LogP contribution in [0.15, 0.2) is 65.1 Å². The van der Waals surface area contributed by atoms with Crippen LogP contribution in [-0.4, -0.2) is 17.6 Å². The van der Waals surface area contributed by atoms with E-state index in [2.05, 4.69) is 10.6 Å². The van der Waals surface area contributed by atoms with Crippen LogP contribution in [0.2, 0.25) is 10.0 Å². The summed E-state index contributed by atoms with van der Waals surface area (Å²) < 4.78 is 11.1. The van der Waals surface area contributed by atoms with E-state index in [-0.39, 0.29) is 17.6 Å². The fraction of sp³-hybridized carbons (Fsp3) is 0.100. The van der Waals surface area contributed by atoms with Gasteiger partial charge in [-0.2, -0.15) is 0 Å². The van der Waals surface area contributed by atoms with Crippen molar-refractivity contribution < 1.29 is 13.9 Å². The fourth-order valence-electron chi connectivity index (χ4n) is 2.30. The summed E-state index contributed by atoms with van der Waals surface area (Å²) in [6.45, 7) is 0.176. The Labute approximate surface area is 177 Å². The van der Waals surface area contributed by atoms with Gasteiger partial charge in [-0.3, -0.25) is 4.79 Å². The summed E-state index contributed by atoms with van der Waals surface area (Å²) in [5, 5.41) is 6.92. The quantitative estimate of drug-likeness (QED) is 0.544. The Hall–Kier alpha value is -2.54. The molecule has 3 aromatic rings. The van der Waals surface area contributed by atoms with Gasteiger partial charge in [0.05, 0.1) is 6.54 Å². The zero-order valence-corrected chi connectivity index (χ0v) is 16.9.